The highest BCUT2D eigenvalue weighted by Crippen LogP contribution is 2.25. The Hall–Kier alpha value is -1.69. The van der Waals surface area contributed by atoms with Gasteiger partial charge in [-0.25, -0.2) is 0 Å². The minimum absolute atomic E-state index is 0.317. The van der Waals surface area contributed by atoms with Crippen molar-refractivity contribution < 1.29 is 0 Å². The summed E-state index contributed by atoms with van der Waals surface area (Å²) in [6.45, 7) is 0. The molecule has 0 radical (unpaired) electrons. The van der Waals surface area contributed by atoms with Crippen LogP contribution >= 0.6 is 18.1 Å². The Labute approximate surface area is 122 Å². The Morgan fingerprint density at radius 2 is 2.50 bits per heavy atom. The standard InChI is InChI=1S/C12H18N6P2/c1-16-12-10(3-5-18(12)19)11(15)9(7-14)8-17-20-6-2-4-13/h3,5,7-8,14,16,20H,2,6,15,19H2,1H3. The lowest BCUT2D eigenvalue weighted by Crippen LogP contribution is -2.06. The van der Waals surface area contributed by atoms with Gasteiger partial charge in [-0.2, -0.15) is 5.26 Å². The van der Waals surface area contributed by atoms with Crippen LogP contribution in [0.1, 0.15) is 12.0 Å². The lowest BCUT2D eigenvalue weighted by atomic mass is 10.1. The number of hydrogen-bond donors (Lipinski definition) is 3. The van der Waals surface area contributed by atoms with Crippen molar-refractivity contribution in [2.75, 3.05) is 18.5 Å². The molecule has 0 saturated heterocycles. The SMILES string of the molecule is CNc1c(C(N)=C(C=N)C=NPCCC#N)ccn1P. The molecule has 1 heterocycles. The Kier molecular flexibility index (Phi) is 6.93. The Bertz CT molecular complexity index is 567. The molecule has 0 amide bonds. The van der Waals surface area contributed by atoms with Gasteiger partial charge in [0, 0.05) is 52.0 Å². The number of nitrogens with one attached hydrogen (secondary N) is 2. The van der Waals surface area contributed by atoms with E-state index in [-0.39, 0.29) is 0 Å². The number of rotatable bonds is 7. The minimum Gasteiger partial charge on any atom is -0.398 e. The number of nitrogens with two attached hydrogens (primary N) is 1. The number of nitriles is 1. The van der Waals surface area contributed by atoms with Gasteiger partial charge in [0.05, 0.1) is 11.8 Å². The summed E-state index contributed by atoms with van der Waals surface area (Å²) in [5.74, 6) is 0.854. The van der Waals surface area contributed by atoms with E-state index in [0.29, 0.717) is 26.4 Å². The second kappa shape index (κ2) is 8.47. The van der Waals surface area contributed by atoms with Gasteiger partial charge in [0.2, 0.25) is 0 Å². The zero-order valence-electron chi connectivity index (χ0n) is 11.2. The fourth-order valence-corrected chi connectivity index (χ4v) is 2.50. The summed E-state index contributed by atoms with van der Waals surface area (Å²) in [5, 5.41) is 19.0. The molecule has 8 heteroatoms. The second-order valence-corrected chi connectivity index (χ2v) is 5.45. The third-order valence-electron chi connectivity index (χ3n) is 2.55. The molecular weight excluding hydrogens is 290 g/mol. The van der Waals surface area contributed by atoms with Gasteiger partial charge in [0.25, 0.3) is 0 Å². The molecule has 0 saturated carbocycles. The number of aromatic nitrogens is 1. The maximum atomic E-state index is 8.44. The molecule has 2 atom stereocenters. The molecule has 0 bridgehead atoms. The highest BCUT2D eigenvalue weighted by atomic mass is 31.1. The average Bonchev–Trinajstić information content (AvgIpc) is 2.83. The van der Waals surface area contributed by atoms with Crippen molar-refractivity contribution in [3.63, 3.8) is 0 Å². The number of nitrogens with zero attached hydrogens (tertiary/aromatic N) is 3. The van der Waals surface area contributed by atoms with Crippen LogP contribution in [0, 0.1) is 16.7 Å². The third-order valence-corrected chi connectivity index (χ3v) is 3.77. The fraction of sp³-hybridized carbons (Fsp3) is 0.250. The maximum absolute atomic E-state index is 8.44. The molecule has 0 aliphatic carbocycles. The first-order valence-corrected chi connectivity index (χ1v) is 7.60. The van der Waals surface area contributed by atoms with Gasteiger partial charge < -0.3 is 20.8 Å². The minimum atomic E-state index is 0.317. The van der Waals surface area contributed by atoms with Crippen LogP contribution in [0.25, 0.3) is 5.70 Å². The number of anilines is 1. The summed E-state index contributed by atoms with van der Waals surface area (Å²) in [6.07, 6.45) is 5.88. The molecule has 0 fully saturated rings. The van der Waals surface area contributed by atoms with Crippen LogP contribution in [0.4, 0.5) is 5.82 Å². The number of hydrogen-bond acceptors (Lipinski definition) is 5. The summed E-state index contributed by atoms with van der Waals surface area (Å²) in [5.41, 5.74) is 7.99. The van der Waals surface area contributed by atoms with E-state index in [2.05, 4.69) is 25.5 Å². The number of allylic oxidation sites excluding steroid dienone is 1. The van der Waals surface area contributed by atoms with Gasteiger partial charge in [-0.1, -0.05) is 0 Å². The van der Waals surface area contributed by atoms with Crippen LogP contribution in [0.2, 0.25) is 0 Å². The first-order chi connectivity index (χ1) is 9.65. The summed E-state index contributed by atoms with van der Waals surface area (Å²) in [4.78, 5) is 0. The monoisotopic (exact) mass is 308 g/mol. The zero-order chi connectivity index (χ0) is 15.0. The quantitative estimate of drug-likeness (QED) is 0.408. The van der Waals surface area contributed by atoms with E-state index in [1.165, 1.54) is 6.21 Å². The van der Waals surface area contributed by atoms with Crippen LogP contribution < -0.4 is 11.1 Å². The van der Waals surface area contributed by atoms with E-state index in [1.54, 1.807) is 6.21 Å². The molecule has 0 aliphatic rings. The third kappa shape index (κ3) is 4.16. The Balaban J connectivity index is 2.95. The predicted octanol–water partition coefficient (Wildman–Crippen LogP) is 2.07. The van der Waals surface area contributed by atoms with Crippen molar-refractivity contribution in [3.8, 4) is 6.07 Å². The zero-order valence-corrected chi connectivity index (χ0v) is 13.4. The summed E-state index contributed by atoms with van der Waals surface area (Å²) in [7, 11) is 4.69. The first kappa shape index (κ1) is 16.4. The molecule has 1 aromatic rings. The smallest absolute Gasteiger partial charge is 0.118 e. The van der Waals surface area contributed by atoms with Crippen LogP contribution in [-0.2, 0) is 0 Å². The van der Waals surface area contributed by atoms with E-state index in [4.69, 9.17) is 16.4 Å². The van der Waals surface area contributed by atoms with E-state index in [1.807, 2.05) is 23.6 Å². The summed E-state index contributed by atoms with van der Waals surface area (Å²) < 4.78 is 6.06. The second-order valence-electron chi connectivity index (χ2n) is 3.82. The van der Waals surface area contributed by atoms with Crippen LogP contribution in [-0.4, -0.2) is 30.0 Å². The van der Waals surface area contributed by atoms with E-state index < -0.39 is 0 Å². The van der Waals surface area contributed by atoms with Gasteiger partial charge in [0.15, 0.2) is 0 Å². The lowest BCUT2D eigenvalue weighted by Gasteiger charge is -2.08. The van der Waals surface area contributed by atoms with Gasteiger partial charge in [-0.15, -0.1) is 0 Å². The van der Waals surface area contributed by atoms with E-state index >= 15 is 0 Å². The van der Waals surface area contributed by atoms with Crippen molar-refractivity contribution in [2.24, 2.45) is 10.5 Å². The van der Waals surface area contributed by atoms with Gasteiger partial charge in [-0.3, -0.25) is 4.76 Å². The highest BCUT2D eigenvalue weighted by Gasteiger charge is 2.10. The van der Waals surface area contributed by atoms with Crippen molar-refractivity contribution in [1.29, 1.82) is 10.7 Å². The van der Waals surface area contributed by atoms with Crippen LogP contribution in [0.3, 0.4) is 0 Å². The van der Waals surface area contributed by atoms with Crippen molar-refractivity contribution >= 4 is 42.1 Å². The molecule has 106 valence electrons. The van der Waals surface area contributed by atoms with Gasteiger partial charge >= 0.3 is 0 Å². The van der Waals surface area contributed by atoms with E-state index in [0.717, 1.165) is 17.5 Å². The van der Waals surface area contributed by atoms with Gasteiger partial charge in [-0.05, 0) is 21.6 Å². The topological polar surface area (TPSA) is 103 Å². The molecule has 1 rings (SSSR count). The molecule has 6 nitrogen and oxygen atoms in total. The van der Waals surface area contributed by atoms with Crippen molar-refractivity contribution in [2.45, 2.75) is 6.42 Å². The fourth-order valence-electron chi connectivity index (χ4n) is 1.56. The molecule has 0 aliphatic heterocycles. The Morgan fingerprint density at radius 1 is 1.75 bits per heavy atom. The van der Waals surface area contributed by atoms with Crippen LogP contribution in [0.15, 0.2) is 22.6 Å². The lowest BCUT2D eigenvalue weighted by molar-refractivity contribution is 1.23. The molecule has 2 unspecified atom stereocenters. The first-order valence-electron chi connectivity index (χ1n) is 5.93. The highest BCUT2D eigenvalue weighted by molar-refractivity contribution is 7.36. The average molecular weight is 308 g/mol. The summed E-state index contributed by atoms with van der Waals surface area (Å²) >= 11 is 0. The Morgan fingerprint density at radius 3 is 3.10 bits per heavy atom. The molecule has 20 heavy (non-hydrogen) atoms. The largest absolute Gasteiger partial charge is 0.398 e. The molecule has 0 spiro atoms. The predicted molar refractivity (Wildman–Crippen MR) is 90.9 cm³/mol. The van der Waals surface area contributed by atoms with Crippen LogP contribution in [0.5, 0.6) is 0 Å². The maximum Gasteiger partial charge on any atom is 0.118 e. The molecular formula is C12H18N6P2. The summed E-state index contributed by atoms with van der Waals surface area (Å²) in [6, 6.07) is 3.95. The molecule has 0 aromatic carbocycles. The van der Waals surface area contributed by atoms with E-state index in [9.17, 15) is 0 Å². The van der Waals surface area contributed by atoms with Gasteiger partial charge in [0.1, 0.15) is 5.82 Å². The molecule has 1 aromatic heterocycles. The molecule has 4 N–H and O–H groups in total. The normalized spacial score (nSPS) is 12.7. The van der Waals surface area contributed by atoms with Crippen molar-refractivity contribution in [3.05, 3.63) is 23.4 Å². The van der Waals surface area contributed by atoms with Crippen molar-refractivity contribution in [1.82, 2.24) is 4.34 Å².